The van der Waals surface area contributed by atoms with E-state index in [1.807, 2.05) is 0 Å². The Kier molecular flexibility index (Phi) is 5.43. The lowest BCUT2D eigenvalue weighted by Gasteiger charge is -2.06. The number of benzene rings is 1. The molecular weight excluding hydrogens is 310 g/mol. The van der Waals surface area contributed by atoms with Crippen molar-refractivity contribution in [2.45, 2.75) is 11.3 Å². The molecule has 1 amide bonds. The van der Waals surface area contributed by atoms with Crippen molar-refractivity contribution in [2.24, 2.45) is 0 Å². The Hall–Kier alpha value is -1.71. The number of carbonyl (C=O) groups is 1. The van der Waals surface area contributed by atoms with Crippen molar-refractivity contribution >= 4 is 33.2 Å². The smallest absolute Gasteiger partial charge is 0.289 e. The molecule has 0 aliphatic rings. The van der Waals surface area contributed by atoms with Crippen LogP contribution in [0.3, 0.4) is 0 Å². The van der Waals surface area contributed by atoms with Gasteiger partial charge in [0.25, 0.3) is 5.69 Å². The molecule has 0 aromatic heterocycles. The average Bonchev–Trinajstić information content (AvgIpc) is 2.38. The molecular formula is C10H12ClN3O5S. The number of nitrogens with one attached hydrogen (secondary N) is 2. The Morgan fingerprint density at radius 3 is 2.65 bits per heavy atom. The van der Waals surface area contributed by atoms with Crippen LogP contribution in [-0.2, 0) is 14.8 Å². The van der Waals surface area contributed by atoms with Crippen molar-refractivity contribution in [3.63, 3.8) is 0 Å². The highest BCUT2D eigenvalue weighted by atomic mass is 35.5. The van der Waals surface area contributed by atoms with Crippen LogP contribution in [0.15, 0.2) is 23.1 Å². The fourth-order valence-electron chi connectivity index (χ4n) is 1.31. The summed E-state index contributed by atoms with van der Waals surface area (Å²) in [6, 6.07) is 3.15. The van der Waals surface area contributed by atoms with E-state index in [-0.39, 0.29) is 28.8 Å². The van der Waals surface area contributed by atoms with E-state index in [1.54, 1.807) is 0 Å². The van der Waals surface area contributed by atoms with E-state index in [0.717, 1.165) is 18.2 Å². The van der Waals surface area contributed by atoms with Gasteiger partial charge in [-0.15, -0.1) is 0 Å². The first kappa shape index (κ1) is 16.3. The zero-order chi connectivity index (χ0) is 15.3. The van der Waals surface area contributed by atoms with Crippen molar-refractivity contribution in [3.05, 3.63) is 33.3 Å². The number of nitro benzene ring substituents is 1. The summed E-state index contributed by atoms with van der Waals surface area (Å²) in [7, 11) is -2.50. The minimum Gasteiger partial charge on any atom is -0.359 e. The van der Waals surface area contributed by atoms with Gasteiger partial charge in [0.1, 0.15) is 5.02 Å². The highest BCUT2D eigenvalue weighted by Gasteiger charge is 2.20. The Morgan fingerprint density at radius 2 is 2.10 bits per heavy atom. The summed E-state index contributed by atoms with van der Waals surface area (Å²) in [4.78, 5) is 20.6. The predicted octanol–water partition coefficient (Wildman–Crippen LogP) is 0.663. The van der Waals surface area contributed by atoms with Gasteiger partial charge in [-0.3, -0.25) is 14.9 Å². The minimum absolute atomic E-state index is 0.0363. The number of rotatable bonds is 6. The van der Waals surface area contributed by atoms with Gasteiger partial charge in [-0.1, -0.05) is 11.6 Å². The first-order valence-electron chi connectivity index (χ1n) is 5.42. The fraction of sp³-hybridized carbons (Fsp3) is 0.300. The standard InChI is InChI=1S/C10H12ClN3O5S/c1-12-10(15)4-5-13-20(18,19)7-2-3-8(11)9(6-7)14(16)17/h2-3,6,13H,4-5H2,1H3,(H,12,15). The number of sulfonamides is 1. The highest BCUT2D eigenvalue weighted by molar-refractivity contribution is 7.89. The van der Waals surface area contributed by atoms with Crippen LogP contribution in [0.2, 0.25) is 5.02 Å². The first-order valence-corrected chi connectivity index (χ1v) is 7.28. The largest absolute Gasteiger partial charge is 0.359 e. The minimum atomic E-state index is -3.93. The molecule has 8 nitrogen and oxygen atoms in total. The molecule has 2 N–H and O–H groups in total. The number of nitrogens with zero attached hydrogens (tertiary/aromatic N) is 1. The van der Waals surface area contributed by atoms with Crippen LogP contribution in [0.4, 0.5) is 5.69 Å². The second kappa shape index (κ2) is 6.64. The fourth-order valence-corrected chi connectivity index (χ4v) is 2.54. The summed E-state index contributed by atoms with van der Waals surface area (Å²) in [6.45, 7) is -0.113. The Balaban J connectivity index is 2.90. The molecule has 110 valence electrons. The predicted molar refractivity (Wildman–Crippen MR) is 72.0 cm³/mol. The second-order valence-electron chi connectivity index (χ2n) is 3.69. The topological polar surface area (TPSA) is 118 Å². The van der Waals surface area contributed by atoms with E-state index in [4.69, 9.17) is 11.6 Å². The van der Waals surface area contributed by atoms with E-state index in [2.05, 4.69) is 10.0 Å². The third kappa shape index (κ3) is 4.15. The lowest BCUT2D eigenvalue weighted by atomic mass is 10.3. The van der Waals surface area contributed by atoms with Crippen molar-refractivity contribution in [3.8, 4) is 0 Å². The highest BCUT2D eigenvalue weighted by Crippen LogP contribution is 2.26. The molecule has 1 rings (SSSR count). The van der Waals surface area contributed by atoms with Crippen molar-refractivity contribution in [1.29, 1.82) is 0 Å². The quantitative estimate of drug-likeness (QED) is 0.589. The van der Waals surface area contributed by atoms with Crippen LogP contribution in [0.25, 0.3) is 0 Å². The van der Waals surface area contributed by atoms with Gasteiger partial charge in [0, 0.05) is 26.1 Å². The molecule has 0 heterocycles. The summed E-state index contributed by atoms with van der Waals surface area (Å²) in [6.07, 6.45) is -0.0363. The van der Waals surface area contributed by atoms with Gasteiger partial charge < -0.3 is 5.32 Å². The summed E-state index contributed by atoms with van der Waals surface area (Å²) in [5.41, 5.74) is -0.499. The summed E-state index contributed by atoms with van der Waals surface area (Å²) in [5, 5.41) is 12.9. The van der Waals surface area contributed by atoms with Gasteiger partial charge in [-0.05, 0) is 12.1 Å². The SMILES string of the molecule is CNC(=O)CCNS(=O)(=O)c1ccc(Cl)c([N+](=O)[O-])c1. The van der Waals surface area contributed by atoms with Gasteiger partial charge in [0.2, 0.25) is 15.9 Å². The van der Waals surface area contributed by atoms with Gasteiger partial charge in [0.05, 0.1) is 9.82 Å². The number of carbonyl (C=O) groups excluding carboxylic acids is 1. The van der Waals surface area contributed by atoms with Gasteiger partial charge in [0.15, 0.2) is 0 Å². The molecule has 1 aromatic carbocycles. The molecule has 0 spiro atoms. The number of hydrogen-bond acceptors (Lipinski definition) is 5. The first-order chi connectivity index (χ1) is 9.27. The van der Waals surface area contributed by atoms with Crippen LogP contribution >= 0.6 is 11.6 Å². The van der Waals surface area contributed by atoms with Crippen LogP contribution in [-0.4, -0.2) is 32.8 Å². The maximum Gasteiger partial charge on any atom is 0.289 e. The molecule has 0 aliphatic carbocycles. The molecule has 0 saturated heterocycles. The number of hydrogen-bond donors (Lipinski definition) is 2. The summed E-state index contributed by atoms with van der Waals surface area (Å²) < 4.78 is 25.9. The number of amides is 1. The van der Waals surface area contributed by atoms with E-state index >= 15 is 0 Å². The molecule has 10 heteroatoms. The maximum absolute atomic E-state index is 11.9. The Bertz CT molecular complexity index is 632. The molecule has 0 atom stereocenters. The van der Waals surface area contributed by atoms with Crippen molar-refractivity contribution in [2.75, 3.05) is 13.6 Å². The normalized spacial score (nSPS) is 11.1. The maximum atomic E-state index is 11.9. The Morgan fingerprint density at radius 1 is 1.45 bits per heavy atom. The van der Waals surface area contributed by atoms with Crippen LogP contribution in [0.1, 0.15) is 6.42 Å². The molecule has 0 aliphatic heterocycles. The molecule has 0 saturated carbocycles. The molecule has 0 bridgehead atoms. The van der Waals surface area contributed by atoms with Gasteiger partial charge in [-0.2, -0.15) is 0 Å². The monoisotopic (exact) mass is 321 g/mol. The number of halogens is 1. The average molecular weight is 322 g/mol. The lowest BCUT2D eigenvalue weighted by molar-refractivity contribution is -0.384. The molecule has 0 unspecified atom stereocenters. The Labute approximate surface area is 120 Å². The molecule has 0 fully saturated rings. The second-order valence-corrected chi connectivity index (χ2v) is 5.87. The molecule has 0 radical (unpaired) electrons. The summed E-state index contributed by atoms with van der Waals surface area (Å²) >= 11 is 5.60. The molecule has 1 aromatic rings. The molecule has 20 heavy (non-hydrogen) atoms. The van der Waals surface area contributed by atoms with Gasteiger partial charge >= 0.3 is 0 Å². The third-order valence-corrected chi connectivity index (χ3v) is 4.13. The van der Waals surface area contributed by atoms with Crippen LogP contribution in [0, 0.1) is 10.1 Å². The van der Waals surface area contributed by atoms with Gasteiger partial charge in [-0.25, -0.2) is 13.1 Å². The van der Waals surface area contributed by atoms with Crippen LogP contribution < -0.4 is 10.0 Å². The van der Waals surface area contributed by atoms with E-state index in [9.17, 15) is 23.3 Å². The van der Waals surface area contributed by atoms with Crippen LogP contribution in [0.5, 0.6) is 0 Å². The van der Waals surface area contributed by atoms with E-state index < -0.39 is 20.6 Å². The van der Waals surface area contributed by atoms with E-state index in [1.165, 1.54) is 7.05 Å². The zero-order valence-electron chi connectivity index (χ0n) is 10.4. The van der Waals surface area contributed by atoms with E-state index in [0.29, 0.717) is 0 Å². The zero-order valence-corrected chi connectivity index (χ0v) is 12.0. The third-order valence-electron chi connectivity index (χ3n) is 2.35. The van der Waals surface area contributed by atoms with Crippen molar-refractivity contribution < 1.29 is 18.1 Å². The lowest BCUT2D eigenvalue weighted by Crippen LogP contribution is -2.29. The summed E-state index contributed by atoms with van der Waals surface area (Å²) in [5.74, 6) is -0.324. The van der Waals surface area contributed by atoms with Crippen molar-refractivity contribution in [1.82, 2.24) is 10.0 Å². The number of nitro groups is 1.